The molecule has 21 heavy (non-hydrogen) atoms. The fourth-order valence-corrected chi connectivity index (χ4v) is 2.17. The van der Waals surface area contributed by atoms with Crippen LogP contribution in [0.2, 0.25) is 10.0 Å². The molecule has 0 aliphatic rings. The van der Waals surface area contributed by atoms with E-state index in [0.717, 1.165) is 5.56 Å². The molecule has 0 bridgehead atoms. The van der Waals surface area contributed by atoms with Crippen LogP contribution in [0.5, 0.6) is 0 Å². The second kappa shape index (κ2) is 7.31. The zero-order valence-corrected chi connectivity index (χ0v) is 12.5. The van der Waals surface area contributed by atoms with E-state index in [4.69, 9.17) is 23.2 Å². The molecular formula is C15H14Cl2N2O2. The van der Waals surface area contributed by atoms with Crippen LogP contribution in [-0.4, -0.2) is 17.7 Å². The molecule has 2 amide bonds. The van der Waals surface area contributed by atoms with Gasteiger partial charge in [-0.1, -0.05) is 53.5 Å². The second-order valence-corrected chi connectivity index (χ2v) is 5.21. The van der Waals surface area contributed by atoms with Crippen LogP contribution in [0, 0.1) is 0 Å². The van der Waals surface area contributed by atoms with Crippen molar-refractivity contribution < 1.29 is 9.90 Å². The van der Waals surface area contributed by atoms with Crippen LogP contribution in [0.15, 0.2) is 48.5 Å². The van der Waals surface area contributed by atoms with Crippen molar-refractivity contribution in [2.75, 3.05) is 11.9 Å². The Labute approximate surface area is 132 Å². The predicted molar refractivity (Wildman–Crippen MR) is 84.9 cm³/mol. The first kappa shape index (κ1) is 15.6. The molecule has 6 heteroatoms. The summed E-state index contributed by atoms with van der Waals surface area (Å²) in [7, 11) is 0. The summed E-state index contributed by atoms with van der Waals surface area (Å²) >= 11 is 11.8. The molecule has 3 N–H and O–H groups in total. The molecule has 0 spiro atoms. The number of aliphatic hydroxyl groups is 1. The molecule has 2 rings (SSSR count). The minimum Gasteiger partial charge on any atom is -0.394 e. The normalized spacial score (nSPS) is 11.8. The standard InChI is InChI=1S/C15H14Cl2N2O2/c16-11-6-7-12(17)13(8-11)18-15(21)19-14(9-20)10-4-2-1-3-5-10/h1-8,14,20H,9H2,(H2,18,19,21)/t14-/m0/s1. The minimum atomic E-state index is -0.496. The predicted octanol–water partition coefficient (Wildman–Crippen LogP) is 3.85. The van der Waals surface area contributed by atoms with Crippen molar-refractivity contribution in [1.82, 2.24) is 5.32 Å². The van der Waals surface area contributed by atoms with E-state index in [9.17, 15) is 9.90 Å². The van der Waals surface area contributed by atoms with E-state index in [1.165, 1.54) is 0 Å². The van der Waals surface area contributed by atoms with Crippen LogP contribution < -0.4 is 10.6 Å². The third-order valence-corrected chi connectivity index (χ3v) is 3.43. The highest BCUT2D eigenvalue weighted by Crippen LogP contribution is 2.25. The van der Waals surface area contributed by atoms with Crippen molar-refractivity contribution in [3.8, 4) is 0 Å². The average molecular weight is 325 g/mol. The molecule has 2 aromatic rings. The van der Waals surface area contributed by atoms with E-state index >= 15 is 0 Å². The number of urea groups is 1. The summed E-state index contributed by atoms with van der Waals surface area (Å²) in [6, 6.07) is 13.0. The smallest absolute Gasteiger partial charge is 0.319 e. The maximum atomic E-state index is 12.0. The number of benzene rings is 2. The molecule has 110 valence electrons. The highest BCUT2D eigenvalue weighted by atomic mass is 35.5. The van der Waals surface area contributed by atoms with Gasteiger partial charge in [-0.05, 0) is 23.8 Å². The van der Waals surface area contributed by atoms with E-state index < -0.39 is 12.1 Å². The summed E-state index contributed by atoms with van der Waals surface area (Å²) < 4.78 is 0. The van der Waals surface area contributed by atoms with Crippen LogP contribution in [0.25, 0.3) is 0 Å². The molecule has 0 aliphatic carbocycles. The number of anilines is 1. The third-order valence-electron chi connectivity index (χ3n) is 2.87. The number of aliphatic hydroxyl groups excluding tert-OH is 1. The molecular weight excluding hydrogens is 311 g/mol. The Morgan fingerprint density at radius 2 is 1.86 bits per heavy atom. The number of amides is 2. The summed E-state index contributed by atoms with van der Waals surface area (Å²) in [5, 5.41) is 15.5. The van der Waals surface area contributed by atoms with Gasteiger partial charge in [-0.3, -0.25) is 0 Å². The van der Waals surface area contributed by atoms with Gasteiger partial charge in [0.05, 0.1) is 23.4 Å². The molecule has 0 radical (unpaired) electrons. The molecule has 0 aromatic heterocycles. The number of hydrogen-bond acceptors (Lipinski definition) is 2. The molecule has 2 aromatic carbocycles. The van der Waals surface area contributed by atoms with E-state index in [1.807, 2.05) is 30.3 Å². The molecule has 0 saturated heterocycles. The van der Waals surface area contributed by atoms with Crippen molar-refractivity contribution in [2.45, 2.75) is 6.04 Å². The number of nitrogens with one attached hydrogen (secondary N) is 2. The van der Waals surface area contributed by atoms with Crippen LogP contribution in [0.3, 0.4) is 0 Å². The zero-order chi connectivity index (χ0) is 15.2. The Hall–Kier alpha value is -1.75. The maximum absolute atomic E-state index is 12.0. The first-order valence-electron chi connectivity index (χ1n) is 6.28. The monoisotopic (exact) mass is 324 g/mol. The number of rotatable bonds is 4. The van der Waals surface area contributed by atoms with Gasteiger partial charge in [-0.15, -0.1) is 0 Å². The van der Waals surface area contributed by atoms with Gasteiger partial charge in [0, 0.05) is 5.02 Å². The zero-order valence-electron chi connectivity index (χ0n) is 11.0. The number of halogens is 2. The maximum Gasteiger partial charge on any atom is 0.319 e. The highest BCUT2D eigenvalue weighted by Gasteiger charge is 2.14. The van der Waals surface area contributed by atoms with Gasteiger partial charge in [0.25, 0.3) is 0 Å². The average Bonchev–Trinajstić information content (AvgIpc) is 2.49. The third kappa shape index (κ3) is 4.36. The highest BCUT2D eigenvalue weighted by molar-refractivity contribution is 6.35. The van der Waals surface area contributed by atoms with Gasteiger partial charge in [-0.25, -0.2) is 4.79 Å². The van der Waals surface area contributed by atoms with E-state index in [0.29, 0.717) is 15.7 Å². The largest absolute Gasteiger partial charge is 0.394 e. The number of hydrogen-bond donors (Lipinski definition) is 3. The number of carbonyl (C=O) groups excluding carboxylic acids is 1. The topological polar surface area (TPSA) is 61.4 Å². The first-order valence-corrected chi connectivity index (χ1v) is 7.04. The van der Waals surface area contributed by atoms with Crippen molar-refractivity contribution >= 4 is 34.9 Å². The summed E-state index contributed by atoms with van der Waals surface area (Å²) in [5.41, 5.74) is 1.22. The first-order chi connectivity index (χ1) is 10.1. The van der Waals surface area contributed by atoms with E-state index in [-0.39, 0.29) is 6.61 Å². The Balaban J connectivity index is 2.05. The van der Waals surface area contributed by atoms with Crippen LogP contribution in [0.1, 0.15) is 11.6 Å². The Kier molecular flexibility index (Phi) is 5.44. The second-order valence-electron chi connectivity index (χ2n) is 4.37. The van der Waals surface area contributed by atoms with E-state index in [1.54, 1.807) is 18.2 Å². The van der Waals surface area contributed by atoms with Crippen LogP contribution >= 0.6 is 23.2 Å². The fourth-order valence-electron chi connectivity index (χ4n) is 1.83. The van der Waals surface area contributed by atoms with Crippen molar-refractivity contribution in [3.63, 3.8) is 0 Å². The van der Waals surface area contributed by atoms with Gasteiger partial charge in [-0.2, -0.15) is 0 Å². The molecule has 4 nitrogen and oxygen atoms in total. The summed E-state index contributed by atoms with van der Waals surface area (Å²) in [4.78, 5) is 12.0. The summed E-state index contributed by atoms with van der Waals surface area (Å²) in [6.45, 7) is -0.208. The van der Waals surface area contributed by atoms with Gasteiger partial charge >= 0.3 is 6.03 Å². The molecule has 0 aliphatic heterocycles. The molecule has 1 atom stereocenters. The van der Waals surface area contributed by atoms with Gasteiger partial charge in [0.2, 0.25) is 0 Å². The molecule has 0 unspecified atom stereocenters. The Bertz CT molecular complexity index is 620. The van der Waals surface area contributed by atoms with Gasteiger partial charge in [0.1, 0.15) is 0 Å². The minimum absolute atomic E-state index is 0.208. The fraction of sp³-hybridized carbons (Fsp3) is 0.133. The lowest BCUT2D eigenvalue weighted by Gasteiger charge is -2.17. The Morgan fingerprint density at radius 1 is 1.14 bits per heavy atom. The molecule has 0 saturated carbocycles. The lowest BCUT2D eigenvalue weighted by molar-refractivity contribution is 0.225. The molecule has 0 heterocycles. The summed E-state index contributed by atoms with van der Waals surface area (Å²) in [5.74, 6) is 0. The lowest BCUT2D eigenvalue weighted by atomic mass is 10.1. The SMILES string of the molecule is O=C(Nc1cc(Cl)ccc1Cl)N[C@@H](CO)c1ccccc1. The van der Waals surface area contributed by atoms with Gasteiger partial charge in [0.15, 0.2) is 0 Å². The van der Waals surface area contributed by atoms with Crippen LogP contribution in [0.4, 0.5) is 10.5 Å². The van der Waals surface area contributed by atoms with Crippen molar-refractivity contribution in [3.05, 3.63) is 64.1 Å². The van der Waals surface area contributed by atoms with Crippen molar-refractivity contribution in [1.29, 1.82) is 0 Å². The quantitative estimate of drug-likeness (QED) is 0.800. The van der Waals surface area contributed by atoms with E-state index in [2.05, 4.69) is 10.6 Å². The molecule has 0 fully saturated rings. The number of carbonyl (C=O) groups is 1. The lowest BCUT2D eigenvalue weighted by Crippen LogP contribution is -2.34. The van der Waals surface area contributed by atoms with Crippen LogP contribution in [-0.2, 0) is 0 Å². The van der Waals surface area contributed by atoms with Gasteiger partial charge < -0.3 is 15.7 Å². The summed E-state index contributed by atoms with van der Waals surface area (Å²) in [6.07, 6.45) is 0. The Morgan fingerprint density at radius 3 is 2.52 bits per heavy atom. The van der Waals surface area contributed by atoms with Crippen molar-refractivity contribution in [2.24, 2.45) is 0 Å².